The summed E-state index contributed by atoms with van der Waals surface area (Å²) in [6, 6.07) is 119. The first kappa shape index (κ1) is 51.0. The Bertz CT molecular complexity index is 7240. The quantitative estimate of drug-likeness (QED) is 0.115. The SMILES string of the molecule is [2H]c1c([2H])c([2H])c(-c2c3ccccc3c(-c3ccc4ccc5ccccc5c4c3)c3ccccc23)c([2H])c1[2H].[2H]c1c([2H])c([2H])c2c(ccc3ccc(-c4c5ccccc5c(-c5ccccc5)c5ccccc45)cc32)c1[2H].c1ccc(-c2c3ccccc3c(-c3ccc4ccc5ccccc5c4c3)c3ccccc23)cc1. The van der Waals surface area contributed by atoms with Gasteiger partial charge in [-0.1, -0.05) is 382 Å². The lowest BCUT2D eigenvalue weighted by Gasteiger charge is -2.18. The van der Waals surface area contributed by atoms with Crippen molar-refractivity contribution in [2.24, 2.45) is 0 Å². The van der Waals surface area contributed by atoms with Crippen LogP contribution in [0.1, 0.15) is 12.3 Å². The monoisotopic (exact) mass is 1300 g/mol. The maximum Gasteiger partial charge on any atom is 0.0629 e. The van der Waals surface area contributed by atoms with E-state index in [0.717, 1.165) is 65.3 Å². The van der Waals surface area contributed by atoms with Crippen LogP contribution in [0.2, 0.25) is 0 Å². The highest BCUT2D eigenvalue weighted by Crippen LogP contribution is 2.49. The molecule has 0 aromatic heterocycles. The van der Waals surface area contributed by atoms with Gasteiger partial charge in [0.25, 0.3) is 0 Å². The molecule has 21 aromatic carbocycles. The number of hydrogen-bond acceptors (Lipinski definition) is 0. The van der Waals surface area contributed by atoms with E-state index in [0.29, 0.717) is 16.3 Å². The lowest BCUT2D eigenvalue weighted by Crippen LogP contribution is -1.91. The largest absolute Gasteiger partial charge is 0.0629 e. The lowest BCUT2D eigenvalue weighted by molar-refractivity contribution is 1.66. The van der Waals surface area contributed by atoms with Crippen molar-refractivity contribution in [2.75, 3.05) is 0 Å². The highest BCUT2D eigenvalue weighted by atomic mass is 14.2. The molecule has 0 nitrogen and oxygen atoms in total. The molecule has 0 unspecified atom stereocenters. The van der Waals surface area contributed by atoms with Gasteiger partial charge in [0.15, 0.2) is 0 Å². The van der Waals surface area contributed by atoms with Crippen molar-refractivity contribution in [3.8, 4) is 66.8 Å². The Morgan fingerprint density at radius 1 is 0.127 bits per heavy atom. The molecule has 0 aliphatic heterocycles. The molecule has 0 saturated carbocycles. The van der Waals surface area contributed by atoms with Gasteiger partial charge in [-0.3, -0.25) is 0 Å². The van der Waals surface area contributed by atoms with Crippen LogP contribution in [0.25, 0.3) is 196 Å². The Morgan fingerprint density at radius 2 is 0.353 bits per heavy atom. The topological polar surface area (TPSA) is 0 Å². The molecule has 0 spiro atoms. The predicted octanol–water partition coefficient (Wildman–Crippen LogP) is 28.9. The molecule has 0 bridgehead atoms. The van der Waals surface area contributed by atoms with Crippen LogP contribution in [-0.2, 0) is 0 Å². The number of hydrogen-bond donors (Lipinski definition) is 0. The standard InChI is InChI=1S/3C34H22/c3*1-2-11-25(12-3-1)33-28-14-6-8-16-30(28)34(31-17-9-7-15-29(31)33)26-21-20-24-19-18-23-10-4-5-13-27(23)32(24)22-26/h3*1-22H/i1D,2D,3D,11D,12D;4D,5D,10D,13D;. The van der Waals surface area contributed by atoms with E-state index in [-0.39, 0.29) is 59.9 Å². The summed E-state index contributed by atoms with van der Waals surface area (Å²) in [7, 11) is 0. The Labute approximate surface area is 605 Å². The molecule has 0 heterocycles. The molecule has 0 amide bonds. The number of fused-ring (bicyclic) bond motifs is 15. The van der Waals surface area contributed by atoms with Crippen LogP contribution in [0.5, 0.6) is 0 Å². The van der Waals surface area contributed by atoms with E-state index >= 15 is 0 Å². The summed E-state index contributed by atoms with van der Waals surface area (Å²) in [5.74, 6) is 0. The van der Waals surface area contributed by atoms with E-state index < -0.39 is 0 Å². The minimum absolute atomic E-state index is 0.00195. The molecule has 21 aromatic rings. The second-order valence-corrected chi connectivity index (χ2v) is 26.1. The molecule has 102 heavy (non-hydrogen) atoms. The first-order valence-corrected chi connectivity index (χ1v) is 34.6. The van der Waals surface area contributed by atoms with Crippen LogP contribution < -0.4 is 0 Å². The highest BCUT2D eigenvalue weighted by molar-refractivity contribution is 6.26. The minimum Gasteiger partial charge on any atom is -0.0622 e. The van der Waals surface area contributed by atoms with Gasteiger partial charge >= 0.3 is 0 Å². The van der Waals surface area contributed by atoms with Gasteiger partial charge < -0.3 is 0 Å². The molecule has 21 rings (SSSR count). The van der Waals surface area contributed by atoms with Crippen molar-refractivity contribution < 1.29 is 12.3 Å². The Hall–Kier alpha value is -13.3. The van der Waals surface area contributed by atoms with Crippen LogP contribution in [-0.4, -0.2) is 0 Å². The summed E-state index contributed by atoms with van der Waals surface area (Å²) >= 11 is 0. The third-order valence-electron chi connectivity index (χ3n) is 20.5. The van der Waals surface area contributed by atoms with Crippen molar-refractivity contribution in [2.45, 2.75) is 0 Å². The fourth-order valence-corrected chi connectivity index (χ4v) is 16.0. The number of benzene rings is 21. The third kappa shape index (κ3) is 10.4. The van der Waals surface area contributed by atoms with E-state index in [1.165, 1.54) is 109 Å². The Morgan fingerprint density at radius 3 is 0.686 bits per heavy atom. The predicted molar refractivity (Wildman–Crippen MR) is 442 cm³/mol. The van der Waals surface area contributed by atoms with Crippen molar-refractivity contribution in [1.82, 2.24) is 0 Å². The average molecular weight is 1300 g/mol. The van der Waals surface area contributed by atoms with E-state index in [1.807, 2.05) is 48.5 Å². The maximum absolute atomic E-state index is 8.74. The lowest BCUT2D eigenvalue weighted by atomic mass is 9.85. The van der Waals surface area contributed by atoms with Gasteiger partial charge in [-0.05, 0) is 214 Å². The molecule has 0 aliphatic carbocycles. The smallest absolute Gasteiger partial charge is 0.0622 e. The van der Waals surface area contributed by atoms with Crippen LogP contribution in [0.4, 0.5) is 0 Å². The highest BCUT2D eigenvalue weighted by Gasteiger charge is 2.21. The second kappa shape index (κ2) is 25.5. The van der Waals surface area contributed by atoms with Gasteiger partial charge in [-0.2, -0.15) is 0 Å². The van der Waals surface area contributed by atoms with Crippen LogP contribution >= 0.6 is 0 Å². The first-order valence-electron chi connectivity index (χ1n) is 39.1. The molecule has 474 valence electrons. The van der Waals surface area contributed by atoms with Gasteiger partial charge in [-0.25, -0.2) is 0 Å². The molecule has 0 heteroatoms. The van der Waals surface area contributed by atoms with Gasteiger partial charge in [-0.15, -0.1) is 0 Å². The summed E-state index contributed by atoms with van der Waals surface area (Å²) in [5.41, 5.74) is 12.7. The van der Waals surface area contributed by atoms with Gasteiger partial charge in [0.05, 0.1) is 12.3 Å². The zero-order chi connectivity index (χ0) is 75.3. The molecule has 0 fully saturated rings. The maximum atomic E-state index is 8.74. The summed E-state index contributed by atoms with van der Waals surface area (Å²) in [4.78, 5) is 0. The average Bonchev–Trinajstić information content (AvgIpc) is 0.730. The molecule has 0 N–H and O–H groups in total. The molecular formula is C102H66. The first-order chi connectivity index (χ1) is 54.4. The van der Waals surface area contributed by atoms with Crippen molar-refractivity contribution in [3.05, 3.63) is 400 Å². The molecule has 0 radical (unpaired) electrons. The van der Waals surface area contributed by atoms with E-state index in [4.69, 9.17) is 12.3 Å². The summed E-state index contributed by atoms with van der Waals surface area (Å²) < 4.78 is 75.7. The van der Waals surface area contributed by atoms with Crippen LogP contribution in [0.15, 0.2) is 400 Å². The zero-order valence-corrected chi connectivity index (χ0v) is 55.4. The number of rotatable bonds is 6. The molecule has 0 aliphatic rings. The normalized spacial score (nSPS) is 12.8. The summed E-state index contributed by atoms with van der Waals surface area (Å²) in [5, 5.41) is 26.2. The van der Waals surface area contributed by atoms with Crippen molar-refractivity contribution in [3.63, 3.8) is 0 Å². The second-order valence-electron chi connectivity index (χ2n) is 26.1. The van der Waals surface area contributed by atoms with Crippen LogP contribution in [0, 0.1) is 0 Å². The molecule has 0 saturated heterocycles. The zero-order valence-electron chi connectivity index (χ0n) is 64.4. The van der Waals surface area contributed by atoms with E-state index in [9.17, 15) is 0 Å². The van der Waals surface area contributed by atoms with Crippen molar-refractivity contribution >= 4 is 129 Å². The fourth-order valence-electron chi connectivity index (χ4n) is 16.0. The minimum atomic E-state index is -0.387. The summed E-state index contributed by atoms with van der Waals surface area (Å²) in [6.45, 7) is 0. The third-order valence-corrected chi connectivity index (χ3v) is 20.5. The summed E-state index contributed by atoms with van der Waals surface area (Å²) in [6.07, 6.45) is 0. The Balaban J connectivity index is 0.000000113. The van der Waals surface area contributed by atoms with Gasteiger partial charge in [0.2, 0.25) is 0 Å². The van der Waals surface area contributed by atoms with Crippen LogP contribution in [0.3, 0.4) is 0 Å². The van der Waals surface area contributed by atoms with Crippen molar-refractivity contribution in [1.29, 1.82) is 0 Å². The molecular weight excluding hydrogens is 1230 g/mol. The van der Waals surface area contributed by atoms with E-state index in [1.54, 1.807) is 6.07 Å². The van der Waals surface area contributed by atoms with E-state index in [2.05, 4.69) is 291 Å². The fraction of sp³-hybridized carbons (Fsp3) is 0. The van der Waals surface area contributed by atoms with Gasteiger partial charge in [0.1, 0.15) is 0 Å². The molecule has 0 atom stereocenters. The Kier molecular flexibility index (Phi) is 12.8. The van der Waals surface area contributed by atoms with Gasteiger partial charge in [0, 0.05) is 0 Å².